The molecular formula is C23H17NO3S2. The number of thiophene rings is 2. The number of nitrogens with one attached hydrogen (secondary N) is 1. The van der Waals surface area contributed by atoms with Gasteiger partial charge in [0.2, 0.25) is 11.3 Å². The first kappa shape index (κ1) is 18.1. The molecule has 4 aromatic rings. The first-order chi connectivity index (χ1) is 14.2. The first-order valence-corrected chi connectivity index (χ1v) is 11.1. The minimum Gasteiger partial charge on any atom is -0.464 e. The van der Waals surface area contributed by atoms with Crippen LogP contribution in [0.2, 0.25) is 0 Å². The van der Waals surface area contributed by atoms with Crippen molar-refractivity contribution >= 4 is 50.9 Å². The maximum atomic E-state index is 13.7. The Hall–Kier alpha value is -2.96. The molecule has 4 nitrogen and oxygen atoms in total. The van der Waals surface area contributed by atoms with Crippen LogP contribution in [0.15, 0.2) is 64.7 Å². The van der Waals surface area contributed by atoms with Crippen molar-refractivity contribution in [1.29, 1.82) is 0 Å². The highest BCUT2D eigenvalue weighted by Crippen LogP contribution is 2.47. The van der Waals surface area contributed by atoms with E-state index in [1.807, 2.05) is 53.2 Å². The molecule has 0 amide bonds. The van der Waals surface area contributed by atoms with Crippen LogP contribution in [0.5, 0.6) is 0 Å². The fourth-order valence-corrected chi connectivity index (χ4v) is 5.46. The van der Waals surface area contributed by atoms with Crippen molar-refractivity contribution in [2.75, 3.05) is 11.9 Å². The van der Waals surface area contributed by atoms with E-state index in [2.05, 4.69) is 10.7 Å². The van der Waals surface area contributed by atoms with Gasteiger partial charge in [-0.1, -0.05) is 30.3 Å². The van der Waals surface area contributed by atoms with Crippen molar-refractivity contribution in [1.82, 2.24) is 0 Å². The van der Waals surface area contributed by atoms with E-state index >= 15 is 0 Å². The van der Waals surface area contributed by atoms with Crippen molar-refractivity contribution in [2.24, 2.45) is 0 Å². The van der Waals surface area contributed by atoms with Gasteiger partial charge in [0, 0.05) is 15.8 Å². The first-order valence-electron chi connectivity index (χ1n) is 9.29. The number of esters is 1. The van der Waals surface area contributed by atoms with Crippen LogP contribution in [0, 0.1) is 0 Å². The zero-order valence-electron chi connectivity index (χ0n) is 15.6. The zero-order valence-corrected chi connectivity index (χ0v) is 17.2. The standard InChI is InChI=1S/C23H17NO3S2/c1-2-27-22(26)23(19-8-5-10-29-19)21(25)18-12-17(14-9-11-28-13-14)15-6-3-4-7-16(15)20(18)24-23/h3-13,24H,2H2,1H3/t23-/m1/s1. The maximum absolute atomic E-state index is 13.7. The molecule has 2 aromatic carbocycles. The Balaban J connectivity index is 1.79. The quantitative estimate of drug-likeness (QED) is 0.341. The Labute approximate surface area is 175 Å². The molecule has 0 aliphatic carbocycles. The number of Topliss-reactive ketones (excluding diaryl/α,β-unsaturated/α-hetero) is 1. The minimum absolute atomic E-state index is 0.207. The molecule has 1 atom stereocenters. The molecule has 0 saturated heterocycles. The van der Waals surface area contributed by atoms with Gasteiger partial charge in [0.1, 0.15) is 0 Å². The molecule has 1 N–H and O–H groups in total. The number of carbonyl (C=O) groups excluding carboxylic acids is 2. The molecule has 3 heterocycles. The highest BCUT2D eigenvalue weighted by molar-refractivity contribution is 7.10. The Morgan fingerprint density at radius 3 is 2.59 bits per heavy atom. The van der Waals surface area contributed by atoms with Crippen LogP contribution in [-0.4, -0.2) is 18.4 Å². The molecule has 6 heteroatoms. The summed E-state index contributed by atoms with van der Waals surface area (Å²) >= 11 is 2.99. The van der Waals surface area contributed by atoms with Crippen LogP contribution in [0.4, 0.5) is 5.69 Å². The number of anilines is 1. The average Bonchev–Trinajstić information content (AvgIpc) is 3.49. The van der Waals surface area contributed by atoms with Crippen molar-refractivity contribution in [2.45, 2.75) is 12.5 Å². The topological polar surface area (TPSA) is 55.4 Å². The Kier molecular flexibility index (Phi) is 4.26. The molecule has 5 rings (SSSR count). The number of hydrogen-bond acceptors (Lipinski definition) is 6. The van der Waals surface area contributed by atoms with E-state index in [0.29, 0.717) is 16.1 Å². The zero-order chi connectivity index (χ0) is 20.0. The lowest BCUT2D eigenvalue weighted by molar-refractivity contribution is -0.146. The summed E-state index contributed by atoms with van der Waals surface area (Å²) in [6.07, 6.45) is 0. The fourth-order valence-electron chi connectivity index (χ4n) is 3.94. The number of rotatable bonds is 4. The number of hydrogen-bond donors (Lipinski definition) is 1. The molecule has 0 unspecified atom stereocenters. The molecule has 144 valence electrons. The van der Waals surface area contributed by atoms with Crippen LogP contribution < -0.4 is 5.32 Å². The van der Waals surface area contributed by atoms with Gasteiger partial charge in [-0.05, 0) is 57.8 Å². The predicted octanol–water partition coefficient (Wildman–Crippen LogP) is 5.70. The van der Waals surface area contributed by atoms with Gasteiger partial charge in [-0.25, -0.2) is 4.79 Å². The third-order valence-corrected chi connectivity index (χ3v) is 6.92. The summed E-state index contributed by atoms with van der Waals surface area (Å²) < 4.78 is 5.36. The summed E-state index contributed by atoms with van der Waals surface area (Å²) in [4.78, 5) is 27.5. The molecule has 1 aliphatic heterocycles. The van der Waals surface area contributed by atoms with Crippen molar-refractivity contribution in [3.8, 4) is 11.1 Å². The maximum Gasteiger partial charge on any atom is 0.345 e. The lowest BCUT2D eigenvalue weighted by Gasteiger charge is -2.25. The molecule has 29 heavy (non-hydrogen) atoms. The SMILES string of the molecule is CCOC(=O)[C@]1(c2cccs2)Nc2c(cc(-c3ccsc3)c3ccccc23)C1=O. The molecule has 2 aromatic heterocycles. The van der Waals surface area contributed by atoms with Gasteiger partial charge in [-0.15, -0.1) is 11.3 Å². The Bertz CT molecular complexity index is 1230. The van der Waals surface area contributed by atoms with Gasteiger partial charge >= 0.3 is 5.97 Å². The molecule has 0 bridgehead atoms. The lowest BCUT2D eigenvalue weighted by atomic mass is 9.89. The molecule has 0 fully saturated rings. The largest absolute Gasteiger partial charge is 0.464 e. The van der Waals surface area contributed by atoms with E-state index in [1.165, 1.54) is 11.3 Å². The van der Waals surface area contributed by atoms with Crippen LogP contribution in [-0.2, 0) is 15.1 Å². The summed E-state index contributed by atoms with van der Waals surface area (Å²) in [7, 11) is 0. The Morgan fingerprint density at radius 1 is 1.07 bits per heavy atom. The summed E-state index contributed by atoms with van der Waals surface area (Å²) in [5.74, 6) is -0.833. The molecule has 1 aliphatic rings. The van der Waals surface area contributed by atoms with Gasteiger partial charge in [-0.3, -0.25) is 4.79 Å². The van der Waals surface area contributed by atoms with Crippen LogP contribution in [0.1, 0.15) is 22.2 Å². The fraction of sp³-hybridized carbons (Fsp3) is 0.130. The van der Waals surface area contributed by atoms with Gasteiger partial charge in [-0.2, -0.15) is 11.3 Å². The van der Waals surface area contributed by atoms with Gasteiger partial charge in [0.15, 0.2) is 0 Å². The molecule has 0 radical (unpaired) electrons. The van der Waals surface area contributed by atoms with E-state index in [4.69, 9.17) is 4.74 Å². The van der Waals surface area contributed by atoms with Gasteiger partial charge in [0.05, 0.1) is 12.3 Å². The van der Waals surface area contributed by atoms with Gasteiger partial charge < -0.3 is 10.1 Å². The summed E-state index contributed by atoms with van der Waals surface area (Å²) in [6, 6.07) is 15.6. The molecule has 0 saturated carbocycles. The third-order valence-electron chi connectivity index (χ3n) is 5.25. The molecular weight excluding hydrogens is 402 g/mol. The van der Waals surface area contributed by atoms with E-state index in [0.717, 1.165) is 21.9 Å². The number of benzene rings is 2. The second-order valence-electron chi connectivity index (χ2n) is 6.81. The highest BCUT2D eigenvalue weighted by Gasteiger charge is 2.55. The van der Waals surface area contributed by atoms with Crippen molar-refractivity contribution in [3.05, 3.63) is 75.1 Å². The van der Waals surface area contributed by atoms with Gasteiger partial charge in [0.25, 0.3) is 0 Å². The van der Waals surface area contributed by atoms with Crippen LogP contribution in [0.3, 0.4) is 0 Å². The number of ether oxygens (including phenoxy) is 1. The Morgan fingerprint density at radius 2 is 1.90 bits per heavy atom. The van der Waals surface area contributed by atoms with Crippen LogP contribution >= 0.6 is 22.7 Å². The molecule has 0 spiro atoms. The predicted molar refractivity (Wildman–Crippen MR) is 118 cm³/mol. The minimum atomic E-state index is -1.54. The van der Waals surface area contributed by atoms with Crippen molar-refractivity contribution in [3.63, 3.8) is 0 Å². The second kappa shape index (κ2) is 6.83. The third kappa shape index (κ3) is 2.56. The smallest absolute Gasteiger partial charge is 0.345 e. The average molecular weight is 420 g/mol. The van der Waals surface area contributed by atoms with Crippen LogP contribution in [0.25, 0.3) is 21.9 Å². The monoisotopic (exact) mass is 419 g/mol. The number of carbonyl (C=O) groups is 2. The normalized spacial score (nSPS) is 17.9. The summed E-state index contributed by atoms with van der Waals surface area (Å²) in [5, 5.41) is 11.2. The second-order valence-corrected chi connectivity index (χ2v) is 8.53. The van der Waals surface area contributed by atoms with E-state index < -0.39 is 11.5 Å². The van der Waals surface area contributed by atoms with E-state index in [-0.39, 0.29) is 12.4 Å². The lowest BCUT2D eigenvalue weighted by Crippen LogP contribution is -2.47. The summed E-state index contributed by atoms with van der Waals surface area (Å²) in [5.41, 5.74) is 1.72. The van der Waals surface area contributed by atoms with E-state index in [1.54, 1.807) is 24.3 Å². The summed E-state index contributed by atoms with van der Waals surface area (Å²) in [6.45, 7) is 1.95. The van der Waals surface area contributed by atoms with E-state index in [9.17, 15) is 9.59 Å². The van der Waals surface area contributed by atoms with Crippen molar-refractivity contribution < 1.29 is 14.3 Å². The highest BCUT2D eigenvalue weighted by atomic mass is 32.1. The number of fused-ring (bicyclic) bond motifs is 3. The number of ketones is 1.